The fraction of sp³-hybridized carbons (Fsp3) is 0.833. The van der Waals surface area contributed by atoms with Gasteiger partial charge in [-0.25, -0.2) is 0 Å². The smallest absolute Gasteiger partial charge is 0.305 e. The maximum Gasteiger partial charge on any atom is 0.305 e. The van der Waals surface area contributed by atoms with Gasteiger partial charge in [-0.1, -0.05) is 19.3 Å². The Kier molecular flexibility index (Phi) is 5.55. The molecule has 0 aromatic rings. The van der Waals surface area contributed by atoms with Crippen LogP contribution in [-0.2, 0) is 14.3 Å². The van der Waals surface area contributed by atoms with Gasteiger partial charge in [-0.3, -0.25) is 9.59 Å². The average molecular weight is 258 g/mol. The Labute approximate surface area is 107 Å². The van der Waals surface area contributed by atoms with Crippen molar-refractivity contribution in [3.63, 3.8) is 0 Å². The summed E-state index contributed by atoms with van der Waals surface area (Å²) in [6.07, 6.45) is 4.31. The van der Waals surface area contributed by atoms with Crippen molar-refractivity contribution in [3.05, 3.63) is 0 Å². The van der Waals surface area contributed by atoms with Gasteiger partial charge in [0.15, 0.2) is 0 Å². The molecule has 0 saturated heterocycles. The van der Waals surface area contributed by atoms with E-state index >= 15 is 0 Å². The number of aliphatic carboxylic acids is 1. The van der Waals surface area contributed by atoms with Crippen molar-refractivity contribution in [1.82, 2.24) is 5.32 Å². The van der Waals surface area contributed by atoms with Crippen LogP contribution in [0.1, 0.15) is 38.5 Å². The molecule has 1 amide bonds. The number of nitrogens with one attached hydrogen (secondary N) is 1. The zero-order valence-corrected chi connectivity index (χ0v) is 10.8. The number of carbonyl (C=O) groups excluding carboxylic acids is 1. The first-order chi connectivity index (χ1) is 8.49. The van der Waals surface area contributed by atoms with Gasteiger partial charge in [0.05, 0.1) is 18.6 Å². The van der Waals surface area contributed by atoms with Gasteiger partial charge >= 0.3 is 5.97 Å². The highest BCUT2D eigenvalue weighted by molar-refractivity contribution is 5.83. The maximum atomic E-state index is 11.9. The van der Waals surface area contributed by atoms with Crippen molar-refractivity contribution < 1.29 is 19.4 Å². The maximum absolute atomic E-state index is 11.9. The van der Waals surface area contributed by atoms with Gasteiger partial charge < -0.3 is 20.9 Å². The number of methoxy groups -OCH3 is 1. The quantitative estimate of drug-likeness (QED) is 0.634. The summed E-state index contributed by atoms with van der Waals surface area (Å²) in [4.78, 5) is 22.8. The summed E-state index contributed by atoms with van der Waals surface area (Å²) in [5.74, 6) is -1.22. The molecule has 0 aromatic carbocycles. The van der Waals surface area contributed by atoms with Crippen LogP contribution in [0.2, 0.25) is 0 Å². The van der Waals surface area contributed by atoms with Gasteiger partial charge in [-0.15, -0.1) is 0 Å². The number of hydrogen-bond acceptors (Lipinski definition) is 4. The molecule has 1 unspecified atom stereocenters. The van der Waals surface area contributed by atoms with Crippen molar-refractivity contribution in [3.8, 4) is 0 Å². The van der Waals surface area contributed by atoms with E-state index in [0.717, 1.165) is 19.3 Å². The van der Waals surface area contributed by atoms with E-state index in [2.05, 4.69) is 5.32 Å². The number of carbonyl (C=O) groups is 2. The van der Waals surface area contributed by atoms with E-state index in [1.54, 1.807) is 0 Å². The number of ether oxygens (including phenoxy) is 1. The largest absolute Gasteiger partial charge is 0.481 e. The molecule has 0 bridgehead atoms. The minimum Gasteiger partial charge on any atom is -0.481 e. The number of rotatable bonds is 6. The lowest BCUT2D eigenvalue weighted by molar-refractivity contribution is -0.139. The molecule has 104 valence electrons. The van der Waals surface area contributed by atoms with Crippen LogP contribution >= 0.6 is 0 Å². The molecule has 1 rings (SSSR count). The zero-order valence-electron chi connectivity index (χ0n) is 10.8. The Bertz CT molecular complexity index is 300. The van der Waals surface area contributed by atoms with E-state index < -0.39 is 17.6 Å². The van der Waals surface area contributed by atoms with Crippen LogP contribution in [0.25, 0.3) is 0 Å². The van der Waals surface area contributed by atoms with E-state index in [-0.39, 0.29) is 18.9 Å². The summed E-state index contributed by atoms with van der Waals surface area (Å²) in [5, 5.41) is 11.8. The third-order valence-electron chi connectivity index (χ3n) is 3.37. The van der Waals surface area contributed by atoms with Gasteiger partial charge in [0.1, 0.15) is 6.04 Å². The predicted octanol–water partition coefficient (Wildman–Crippen LogP) is 0.254. The van der Waals surface area contributed by atoms with E-state index in [9.17, 15) is 9.59 Å². The summed E-state index contributed by atoms with van der Waals surface area (Å²) in [5.41, 5.74) is 5.02. The highest BCUT2D eigenvalue weighted by Crippen LogP contribution is 2.31. The van der Waals surface area contributed by atoms with Crippen molar-refractivity contribution in [2.24, 2.45) is 5.73 Å². The van der Waals surface area contributed by atoms with E-state index in [1.807, 2.05) is 0 Å². The molecule has 1 saturated carbocycles. The number of carboxylic acid groups (broad SMARTS) is 1. The Hall–Kier alpha value is -1.14. The number of carboxylic acids is 1. The molecule has 0 radical (unpaired) electrons. The second-order valence-corrected chi connectivity index (χ2v) is 4.96. The summed E-state index contributed by atoms with van der Waals surface area (Å²) in [7, 11) is 1.47. The number of nitrogens with two attached hydrogens (primary N) is 1. The molecule has 1 atom stereocenters. The van der Waals surface area contributed by atoms with Crippen LogP contribution in [0.4, 0.5) is 0 Å². The standard InChI is InChI=1S/C12H22N2O4/c1-18-8-9(13)11(17)14-12(7-10(15)16)5-3-2-4-6-12/h9H,2-8,13H2,1H3,(H,14,17)(H,15,16). The van der Waals surface area contributed by atoms with Crippen molar-refractivity contribution in [1.29, 1.82) is 0 Å². The van der Waals surface area contributed by atoms with Crippen LogP contribution in [0, 0.1) is 0 Å². The average Bonchev–Trinajstić information content (AvgIpc) is 2.29. The van der Waals surface area contributed by atoms with Crippen LogP contribution in [0.15, 0.2) is 0 Å². The zero-order chi connectivity index (χ0) is 13.6. The first-order valence-electron chi connectivity index (χ1n) is 6.27. The molecule has 18 heavy (non-hydrogen) atoms. The molecule has 1 aliphatic rings. The Morgan fingerprint density at radius 3 is 2.50 bits per heavy atom. The van der Waals surface area contributed by atoms with Crippen LogP contribution in [0.5, 0.6) is 0 Å². The monoisotopic (exact) mass is 258 g/mol. The van der Waals surface area contributed by atoms with Crippen LogP contribution < -0.4 is 11.1 Å². The van der Waals surface area contributed by atoms with Gasteiger partial charge in [0.25, 0.3) is 0 Å². The Morgan fingerprint density at radius 1 is 1.39 bits per heavy atom. The molecule has 0 heterocycles. The van der Waals surface area contributed by atoms with Crippen molar-refractivity contribution >= 4 is 11.9 Å². The fourth-order valence-electron chi connectivity index (χ4n) is 2.47. The second kappa shape index (κ2) is 6.70. The molecule has 6 heteroatoms. The molecular formula is C12H22N2O4. The molecule has 0 aliphatic heterocycles. The molecule has 0 aromatic heterocycles. The summed E-state index contributed by atoms with van der Waals surface area (Å²) in [6, 6.07) is -0.748. The van der Waals surface area contributed by atoms with E-state index in [4.69, 9.17) is 15.6 Å². The van der Waals surface area contributed by atoms with Crippen LogP contribution in [-0.4, -0.2) is 42.3 Å². The minimum absolute atomic E-state index is 0.0432. The molecular weight excluding hydrogens is 236 g/mol. The van der Waals surface area contributed by atoms with E-state index in [0.29, 0.717) is 12.8 Å². The Morgan fingerprint density at radius 2 is 2.00 bits per heavy atom. The lowest BCUT2D eigenvalue weighted by Gasteiger charge is -2.37. The first kappa shape index (κ1) is 14.9. The number of amides is 1. The lowest BCUT2D eigenvalue weighted by atomic mass is 9.79. The predicted molar refractivity (Wildman–Crippen MR) is 66.1 cm³/mol. The third kappa shape index (κ3) is 4.27. The summed E-state index contributed by atoms with van der Waals surface area (Å²) in [6.45, 7) is 0.134. The topological polar surface area (TPSA) is 102 Å². The highest BCUT2D eigenvalue weighted by atomic mass is 16.5. The summed E-state index contributed by atoms with van der Waals surface area (Å²) >= 11 is 0. The summed E-state index contributed by atoms with van der Waals surface area (Å²) < 4.78 is 4.83. The minimum atomic E-state index is -0.891. The SMILES string of the molecule is COCC(N)C(=O)NC1(CC(=O)O)CCCCC1. The second-order valence-electron chi connectivity index (χ2n) is 4.96. The Balaban J connectivity index is 2.66. The van der Waals surface area contributed by atoms with Gasteiger partial charge in [0, 0.05) is 7.11 Å². The van der Waals surface area contributed by atoms with Gasteiger partial charge in [-0.05, 0) is 12.8 Å². The molecule has 1 aliphatic carbocycles. The molecule has 4 N–H and O–H groups in total. The molecule has 6 nitrogen and oxygen atoms in total. The van der Waals surface area contributed by atoms with Gasteiger partial charge in [0.2, 0.25) is 5.91 Å². The normalized spacial score (nSPS) is 20.1. The molecule has 0 spiro atoms. The molecule has 1 fully saturated rings. The third-order valence-corrected chi connectivity index (χ3v) is 3.37. The number of hydrogen-bond donors (Lipinski definition) is 3. The van der Waals surface area contributed by atoms with Gasteiger partial charge in [-0.2, -0.15) is 0 Å². The van der Waals surface area contributed by atoms with Crippen molar-refractivity contribution in [2.75, 3.05) is 13.7 Å². The van der Waals surface area contributed by atoms with E-state index in [1.165, 1.54) is 7.11 Å². The lowest BCUT2D eigenvalue weighted by Crippen LogP contribution is -2.56. The fourth-order valence-corrected chi connectivity index (χ4v) is 2.47. The van der Waals surface area contributed by atoms with Crippen molar-refractivity contribution in [2.45, 2.75) is 50.1 Å². The van der Waals surface area contributed by atoms with Crippen LogP contribution in [0.3, 0.4) is 0 Å². The first-order valence-corrected chi connectivity index (χ1v) is 6.27. The highest BCUT2D eigenvalue weighted by Gasteiger charge is 2.36.